The normalized spacial score (nSPS) is 12.0. The zero-order chi connectivity index (χ0) is 14.5. The molecule has 2 rings (SSSR count). The van der Waals surface area contributed by atoms with Gasteiger partial charge in [-0.2, -0.15) is 0 Å². The molecule has 0 saturated carbocycles. The molecule has 0 aliphatic heterocycles. The van der Waals surface area contributed by atoms with Crippen LogP contribution in [0.2, 0.25) is 10.0 Å². The Morgan fingerprint density at radius 2 is 1.85 bits per heavy atom. The van der Waals surface area contributed by atoms with E-state index in [2.05, 4.69) is 5.32 Å². The van der Waals surface area contributed by atoms with Crippen LogP contribution in [0, 0.1) is 0 Å². The number of nitrogens with one attached hydrogen (secondary N) is 1. The topological polar surface area (TPSA) is 41.5 Å². The van der Waals surface area contributed by atoms with Crippen molar-refractivity contribution in [3.05, 3.63) is 58.1 Å². The van der Waals surface area contributed by atoms with E-state index in [4.69, 9.17) is 27.9 Å². The lowest BCUT2D eigenvalue weighted by Gasteiger charge is -2.19. The molecule has 20 heavy (non-hydrogen) atoms. The number of halogens is 2. The van der Waals surface area contributed by atoms with Crippen LogP contribution in [-0.2, 0) is 0 Å². The van der Waals surface area contributed by atoms with E-state index in [0.29, 0.717) is 10.0 Å². The SMILES string of the molecule is COc1ccc(NC(CO)c2cc(Cl)ccc2Cl)cc1. The highest BCUT2D eigenvalue weighted by molar-refractivity contribution is 6.33. The lowest BCUT2D eigenvalue weighted by atomic mass is 10.1. The van der Waals surface area contributed by atoms with Crippen molar-refractivity contribution in [2.24, 2.45) is 0 Å². The van der Waals surface area contributed by atoms with Crippen molar-refractivity contribution < 1.29 is 9.84 Å². The maximum atomic E-state index is 9.57. The molecule has 0 radical (unpaired) electrons. The molecule has 2 aromatic rings. The van der Waals surface area contributed by atoms with Gasteiger partial charge in [0.1, 0.15) is 5.75 Å². The van der Waals surface area contributed by atoms with Crippen LogP contribution in [0.15, 0.2) is 42.5 Å². The molecule has 0 spiro atoms. The minimum Gasteiger partial charge on any atom is -0.497 e. The minimum atomic E-state index is -0.324. The number of hydrogen-bond acceptors (Lipinski definition) is 3. The van der Waals surface area contributed by atoms with Crippen molar-refractivity contribution in [1.82, 2.24) is 0 Å². The quantitative estimate of drug-likeness (QED) is 0.871. The van der Waals surface area contributed by atoms with Gasteiger partial charge in [0, 0.05) is 15.7 Å². The maximum Gasteiger partial charge on any atom is 0.119 e. The van der Waals surface area contributed by atoms with E-state index in [9.17, 15) is 5.11 Å². The standard InChI is InChI=1S/C15H15Cl2NO2/c1-20-12-5-3-11(4-6-12)18-15(9-19)13-8-10(16)2-7-14(13)17/h2-8,15,18-19H,9H2,1H3. The van der Waals surface area contributed by atoms with Crippen LogP contribution >= 0.6 is 23.2 Å². The highest BCUT2D eigenvalue weighted by atomic mass is 35.5. The molecule has 0 fully saturated rings. The van der Waals surface area contributed by atoms with Gasteiger partial charge in [-0.25, -0.2) is 0 Å². The van der Waals surface area contributed by atoms with Crippen LogP contribution in [0.5, 0.6) is 5.75 Å². The van der Waals surface area contributed by atoms with E-state index in [1.54, 1.807) is 25.3 Å². The van der Waals surface area contributed by atoms with Gasteiger partial charge < -0.3 is 15.2 Å². The predicted molar refractivity (Wildman–Crippen MR) is 82.9 cm³/mol. The Hall–Kier alpha value is -1.42. The molecule has 0 bridgehead atoms. The second kappa shape index (κ2) is 6.84. The molecule has 1 atom stereocenters. The first kappa shape index (κ1) is 15.0. The third-order valence-corrected chi connectivity index (χ3v) is 3.53. The van der Waals surface area contributed by atoms with Crippen LogP contribution in [0.4, 0.5) is 5.69 Å². The summed E-state index contributed by atoms with van der Waals surface area (Å²) in [6, 6.07) is 12.3. The number of hydrogen-bond donors (Lipinski definition) is 2. The number of aliphatic hydroxyl groups excluding tert-OH is 1. The van der Waals surface area contributed by atoms with Crippen LogP contribution in [-0.4, -0.2) is 18.8 Å². The summed E-state index contributed by atoms with van der Waals surface area (Å²) < 4.78 is 5.10. The Morgan fingerprint density at radius 3 is 2.45 bits per heavy atom. The van der Waals surface area contributed by atoms with Gasteiger partial charge in [-0.05, 0) is 48.0 Å². The average molecular weight is 312 g/mol. The van der Waals surface area contributed by atoms with Crippen molar-refractivity contribution in [1.29, 1.82) is 0 Å². The van der Waals surface area contributed by atoms with Crippen LogP contribution in [0.1, 0.15) is 11.6 Å². The summed E-state index contributed by atoms with van der Waals surface area (Å²) in [5.41, 5.74) is 1.62. The summed E-state index contributed by atoms with van der Waals surface area (Å²) in [7, 11) is 1.62. The molecule has 1 unspecified atom stereocenters. The smallest absolute Gasteiger partial charge is 0.119 e. The van der Waals surface area contributed by atoms with Crippen LogP contribution < -0.4 is 10.1 Å². The number of benzene rings is 2. The van der Waals surface area contributed by atoms with Crippen molar-refractivity contribution in [2.45, 2.75) is 6.04 Å². The van der Waals surface area contributed by atoms with E-state index in [-0.39, 0.29) is 12.6 Å². The van der Waals surface area contributed by atoms with Crippen LogP contribution in [0.25, 0.3) is 0 Å². The van der Waals surface area contributed by atoms with Crippen molar-refractivity contribution in [3.8, 4) is 5.75 Å². The number of ether oxygens (including phenoxy) is 1. The number of aliphatic hydroxyl groups is 1. The first-order chi connectivity index (χ1) is 9.63. The largest absolute Gasteiger partial charge is 0.497 e. The average Bonchev–Trinajstić information content (AvgIpc) is 2.48. The molecule has 0 saturated heterocycles. The molecular weight excluding hydrogens is 297 g/mol. The van der Waals surface area contributed by atoms with E-state index < -0.39 is 0 Å². The Labute approximate surface area is 128 Å². The van der Waals surface area contributed by atoms with E-state index in [1.807, 2.05) is 24.3 Å². The van der Waals surface area contributed by atoms with Gasteiger partial charge in [-0.15, -0.1) is 0 Å². The zero-order valence-electron chi connectivity index (χ0n) is 10.9. The molecule has 0 aromatic heterocycles. The molecular formula is C15H15Cl2NO2. The second-order valence-corrected chi connectivity index (χ2v) is 5.12. The fourth-order valence-electron chi connectivity index (χ4n) is 1.89. The fraction of sp³-hybridized carbons (Fsp3) is 0.200. The van der Waals surface area contributed by atoms with E-state index in [1.165, 1.54) is 0 Å². The summed E-state index contributed by atoms with van der Waals surface area (Å²) in [6.07, 6.45) is 0. The third kappa shape index (κ3) is 3.57. The third-order valence-electron chi connectivity index (χ3n) is 2.95. The van der Waals surface area contributed by atoms with Gasteiger partial charge in [-0.1, -0.05) is 23.2 Å². The summed E-state index contributed by atoms with van der Waals surface area (Å²) in [4.78, 5) is 0. The minimum absolute atomic E-state index is 0.0912. The van der Waals surface area contributed by atoms with Gasteiger partial charge in [0.15, 0.2) is 0 Å². The molecule has 2 aromatic carbocycles. The Morgan fingerprint density at radius 1 is 1.15 bits per heavy atom. The fourth-order valence-corrected chi connectivity index (χ4v) is 2.32. The molecule has 106 valence electrons. The predicted octanol–water partition coefficient (Wildman–Crippen LogP) is 4.15. The molecule has 5 heteroatoms. The lowest BCUT2D eigenvalue weighted by Crippen LogP contribution is -2.15. The zero-order valence-corrected chi connectivity index (χ0v) is 12.4. The van der Waals surface area contributed by atoms with Gasteiger partial charge >= 0.3 is 0 Å². The molecule has 0 aliphatic rings. The highest BCUT2D eigenvalue weighted by Crippen LogP contribution is 2.29. The monoisotopic (exact) mass is 311 g/mol. The molecule has 0 amide bonds. The number of methoxy groups -OCH3 is 1. The highest BCUT2D eigenvalue weighted by Gasteiger charge is 2.14. The Kier molecular flexibility index (Phi) is 5.12. The molecule has 3 nitrogen and oxygen atoms in total. The Balaban J connectivity index is 2.21. The van der Waals surface area contributed by atoms with Crippen molar-refractivity contribution in [2.75, 3.05) is 19.0 Å². The summed E-state index contributed by atoms with van der Waals surface area (Å²) in [6.45, 7) is -0.0912. The van der Waals surface area contributed by atoms with Gasteiger partial charge in [0.05, 0.1) is 19.8 Å². The van der Waals surface area contributed by atoms with Gasteiger partial charge in [0.25, 0.3) is 0 Å². The summed E-state index contributed by atoms with van der Waals surface area (Å²) >= 11 is 12.1. The Bertz CT molecular complexity index is 573. The molecule has 2 N–H and O–H groups in total. The first-order valence-electron chi connectivity index (χ1n) is 6.10. The van der Waals surface area contributed by atoms with E-state index in [0.717, 1.165) is 17.0 Å². The molecule has 0 aliphatic carbocycles. The number of anilines is 1. The lowest BCUT2D eigenvalue weighted by molar-refractivity contribution is 0.276. The maximum absolute atomic E-state index is 9.57. The second-order valence-electron chi connectivity index (χ2n) is 4.27. The van der Waals surface area contributed by atoms with Gasteiger partial charge in [-0.3, -0.25) is 0 Å². The van der Waals surface area contributed by atoms with Crippen molar-refractivity contribution in [3.63, 3.8) is 0 Å². The number of rotatable bonds is 5. The van der Waals surface area contributed by atoms with Crippen LogP contribution in [0.3, 0.4) is 0 Å². The van der Waals surface area contributed by atoms with E-state index >= 15 is 0 Å². The first-order valence-corrected chi connectivity index (χ1v) is 6.86. The summed E-state index contributed by atoms with van der Waals surface area (Å²) in [5, 5.41) is 13.9. The molecule has 0 heterocycles. The van der Waals surface area contributed by atoms with Crippen molar-refractivity contribution >= 4 is 28.9 Å². The summed E-state index contributed by atoms with van der Waals surface area (Å²) in [5.74, 6) is 0.775. The van der Waals surface area contributed by atoms with Gasteiger partial charge in [0.2, 0.25) is 0 Å².